The van der Waals surface area contributed by atoms with Gasteiger partial charge < -0.3 is 9.47 Å². The van der Waals surface area contributed by atoms with Crippen molar-refractivity contribution in [3.63, 3.8) is 0 Å². The van der Waals surface area contributed by atoms with E-state index in [9.17, 15) is 9.59 Å². The van der Waals surface area contributed by atoms with Gasteiger partial charge in [0.25, 0.3) is 0 Å². The minimum atomic E-state index is -1.19. The van der Waals surface area contributed by atoms with Gasteiger partial charge in [-0.1, -0.05) is 47.5 Å². The van der Waals surface area contributed by atoms with E-state index >= 15 is 0 Å². The summed E-state index contributed by atoms with van der Waals surface area (Å²) < 4.78 is 9.84. The highest BCUT2D eigenvalue weighted by molar-refractivity contribution is 6.30. The van der Waals surface area contributed by atoms with E-state index in [-0.39, 0.29) is 6.61 Å². The Labute approximate surface area is 137 Å². The van der Waals surface area contributed by atoms with Gasteiger partial charge in [-0.05, 0) is 29.8 Å². The van der Waals surface area contributed by atoms with E-state index in [0.717, 1.165) is 5.56 Å². The molecule has 0 bridgehead atoms. The van der Waals surface area contributed by atoms with Crippen LogP contribution in [0.2, 0.25) is 10.0 Å². The molecular weight excluding hydrogens is 327 g/mol. The second-order valence-corrected chi connectivity index (χ2v) is 5.24. The van der Waals surface area contributed by atoms with Crippen molar-refractivity contribution in [2.45, 2.75) is 12.7 Å². The predicted octanol–water partition coefficient (Wildman–Crippen LogP) is 3.86. The standard InChI is InChI=1S/C16H11Cl2O4/c17-13-6-4-12(5-7-13)15(22-10-19)16(20)21-9-11-2-1-3-14(18)8-11/h1-8,15H,9H2. The molecular formula is C16H11Cl2O4. The number of ether oxygens (including phenoxy) is 2. The van der Waals surface area contributed by atoms with Gasteiger partial charge in [0, 0.05) is 15.6 Å². The quantitative estimate of drug-likeness (QED) is 0.751. The van der Waals surface area contributed by atoms with Gasteiger partial charge in [-0.25, -0.2) is 9.59 Å². The topological polar surface area (TPSA) is 52.6 Å². The Balaban J connectivity index is 2.06. The maximum atomic E-state index is 12.1. The van der Waals surface area contributed by atoms with Crippen LogP contribution in [0.3, 0.4) is 0 Å². The Bertz CT molecular complexity index is 655. The Morgan fingerprint density at radius 2 is 1.82 bits per heavy atom. The zero-order chi connectivity index (χ0) is 15.9. The summed E-state index contributed by atoms with van der Waals surface area (Å²) in [6.07, 6.45) is -1.19. The van der Waals surface area contributed by atoms with Gasteiger partial charge in [-0.3, -0.25) is 0 Å². The van der Waals surface area contributed by atoms with Crippen LogP contribution in [0.4, 0.5) is 0 Å². The smallest absolute Gasteiger partial charge is 0.418 e. The van der Waals surface area contributed by atoms with E-state index in [1.165, 1.54) is 6.47 Å². The number of rotatable bonds is 6. The molecule has 1 radical (unpaired) electrons. The molecule has 2 rings (SSSR count). The van der Waals surface area contributed by atoms with Gasteiger partial charge in [0.15, 0.2) is 0 Å². The zero-order valence-corrected chi connectivity index (χ0v) is 12.8. The summed E-state index contributed by atoms with van der Waals surface area (Å²) in [5.74, 6) is -0.703. The molecule has 0 N–H and O–H groups in total. The minimum Gasteiger partial charge on any atom is -0.458 e. The Morgan fingerprint density at radius 1 is 1.09 bits per heavy atom. The Morgan fingerprint density at radius 3 is 2.45 bits per heavy atom. The molecule has 0 aromatic heterocycles. The van der Waals surface area contributed by atoms with Crippen molar-refractivity contribution in [3.05, 3.63) is 69.7 Å². The molecule has 0 saturated carbocycles. The first-order valence-electron chi connectivity index (χ1n) is 6.29. The highest BCUT2D eigenvalue weighted by Crippen LogP contribution is 2.21. The van der Waals surface area contributed by atoms with Crippen LogP contribution in [0, 0.1) is 0 Å². The molecule has 2 aromatic rings. The summed E-state index contributed by atoms with van der Waals surface area (Å²) in [6, 6.07) is 13.2. The van der Waals surface area contributed by atoms with Gasteiger partial charge in [-0.15, -0.1) is 0 Å². The Hall–Kier alpha value is -2.04. The number of esters is 1. The van der Waals surface area contributed by atoms with Crippen LogP contribution in [0.5, 0.6) is 0 Å². The first kappa shape index (κ1) is 16.3. The van der Waals surface area contributed by atoms with Crippen LogP contribution in [0.15, 0.2) is 48.5 Å². The third-order valence-electron chi connectivity index (χ3n) is 2.82. The van der Waals surface area contributed by atoms with E-state index in [0.29, 0.717) is 15.6 Å². The average Bonchev–Trinajstić information content (AvgIpc) is 2.51. The average molecular weight is 338 g/mol. The summed E-state index contributed by atoms with van der Waals surface area (Å²) in [5.41, 5.74) is 1.18. The molecule has 0 saturated heterocycles. The SMILES string of the molecule is O=[C]OC(C(=O)OCc1cccc(Cl)c1)c1ccc(Cl)cc1. The van der Waals surface area contributed by atoms with Crippen molar-refractivity contribution >= 4 is 35.6 Å². The number of hydrogen-bond donors (Lipinski definition) is 0. The first-order valence-corrected chi connectivity index (χ1v) is 7.05. The zero-order valence-electron chi connectivity index (χ0n) is 11.3. The summed E-state index contributed by atoms with van der Waals surface area (Å²) >= 11 is 11.6. The van der Waals surface area contributed by atoms with Crippen molar-refractivity contribution in [1.29, 1.82) is 0 Å². The normalized spacial score (nSPS) is 11.5. The van der Waals surface area contributed by atoms with Crippen LogP contribution in [0.25, 0.3) is 0 Å². The fourth-order valence-electron chi connectivity index (χ4n) is 1.79. The minimum absolute atomic E-state index is 0.0195. The maximum Gasteiger partial charge on any atom is 0.418 e. The molecule has 1 atom stereocenters. The van der Waals surface area contributed by atoms with Crippen molar-refractivity contribution in [2.75, 3.05) is 0 Å². The second kappa shape index (κ2) is 7.82. The third kappa shape index (κ3) is 4.48. The van der Waals surface area contributed by atoms with Crippen LogP contribution < -0.4 is 0 Å². The first-order chi connectivity index (χ1) is 10.6. The maximum absolute atomic E-state index is 12.1. The largest absolute Gasteiger partial charge is 0.458 e. The fraction of sp³-hybridized carbons (Fsp3) is 0.125. The molecule has 1 unspecified atom stereocenters. The Kier molecular flexibility index (Phi) is 5.81. The summed E-state index contributed by atoms with van der Waals surface area (Å²) in [5, 5.41) is 1.05. The molecule has 0 aliphatic rings. The third-order valence-corrected chi connectivity index (χ3v) is 3.31. The van der Waals surface area contributed by atoms with Gasteiger partial charge in [0.1, 0.15) is 6.61 Å². The van der Waals surface area contributed by atoms with Gasteiger partial charge >= 0.3 is 12.4 Å². The van der Waals surface area contributed by atoms with Crippen LogP contribution in [-0.4, -0.2) is 12.4 Å². The number of hydrogen-bond acceptors (Lipinski definition) is 4. The molecule has 0 heterocycles. The van der Waals surface area contributed by atoms with Gasteiger partial charge in [0.2, 0.25) is 6.10 Å². The molecule has 0 aliphatic carbocycles. The van der Waals surface area contributed by atoms with Crippen LogP contribution in [-0.2, 0) is 25.7 Å². The lowest BCUT2D eigenvalue weighted by Crippen LogP contribution is -2.18. The molecule has 2 aromatic carbocycles. The van der Waals surface area contributed by atoms with Crippen LogP contribution in [0.1, 0.15) is 17.2 Å². The van der Waals surface area contributed by atoms with E-state index in [4.69, 9.17) is 32.7 Å². The van der Waals surface area contributed by atoms with E-state index in [1.807, 2.05) is 0 Å². The predicted molar refractivity (Wildman–Crippen MR) is 82.2 cm³/mol. The summed E-state index contributed by atoms with van der Waals surface area (Å²) in [7, 11) is 0. The van der Waals surface area contributed by atoms with Crippen LogP contribution >= 0.6 is 23.2 Å². The monoisotopic (exact) mass is 337 g/mol. The highest BCUT2D eigenvalue weighted by atomic mass is 35.5. The fourth-order valence-corrected chi connectivity index (χ4v) is 2.13. The number of benzene rings is 2. The van der Waals surface area contributed by atoms with E-state index < -0.39 is 12.1 Å². The number of halogens is 2. The summed E-state index contributed by atoms with van der Waals surface area (Å²) in [6.45, 7) is 1.28. The van der Waals surface area contributed by atoms with Crippen molar-refractivity contribution < 1.29 is 19.1 Å². The lowest BCUT2D eigenvalue weighted by molar-refractivity contribution is -0.154. The molecule has 6 heteroatoms. The van der Waals surface area contributed by atoms with Gasteiger partial charge in [0.05, 0.1) is 0 Å². The lowest BCUT2D eigenvalue weighted by Gasteiger charge is -2.14. The molecule has 4 nitrogen and oxygen atoms in total. The second-order valence-electron chi connectivity index (χ2n) is 4.37. The van der Waals surface area contributed by atoms with E-state index in [2.05, 4.69) is 0 Å². The number of carbonyl (C=O) groups is 1. The molecule has 0 fully saturated rings. The van der Waals surface area contributed by atoms with Crippen molar-refractivity contribution in [1.82, 2.24) is 0 Å². The molecule has 0 aliphatic heterocycles. The molecule has 0 spiro atoms. The summed E-state index contributed by atoms with van der Waals surface area (Å²) in [4.78, 5) is 22.6. The van der Waals surface area contributed by atoms with Crippen molar-refractivity contribution in [3.8, 4) is 0 Å². The molecule has 0 amide bonds. The number of carbonyl (C=O) groups excluding carboxylic acids is 2. The molecule has 22 heavy (non-hydrogen) atoms. The lowest BCUT2D eigenvalue weighted by atomic mass is 10.1. The highest BCUT2D eigenvalue weighted by Gasteiger charge is 2.24. The van der Waals surface area contributed by atoms with Gasteiger partial charge in [-0.2, -0.15) is 0 Å². The van der Waals surface area contributed by atoms with Crippen molar-refractivity contribution in [2.24, 2.45) is 0 Å². The van der Waals surface area contributed by atoms with E-state index in [1.54, 1.807) is 48.5 Å². The molecule has 113 valence electrons.